The fourth-order valence-electron chi connectivity index (χ4n) is 1.67. The molecule has 0 unspecified atom stereocenters. The molecule has 0 aliphatic heterocycles. The molecule has 0 heterocycles. The van der Waals surface area contributed by atoms with E-state index >= 15 is 0 Å². The number of alkyl halides is 3. The predicted molar refractivity (Wildman–Crippen MR) is 51.7 cm³/mol. The maximum atomic E-state index is 5.89. The fourth-order valence-corrected chi connectivity index (χ4v) is 2.84. The van der Waals surface area contributed by atoms with Crippen molar-refractivity contribution in [2.24, 2.45) is 5.41 Å². The van der Waals surface area contributed by atoms with E-state index in [2.05, 4.69) is 0 Å². The lowest BCUT2D eigenvalue weighted by atomic mass is 9.77. The molecule has 66 valence electrons. The Morgan fingerprint density at radius 2 is 1.64 bits per heavy atom. The lowest BCUT2D eigenvalue weighted by Crippen LogP contribution is -2.32. The Hall–Kier alpha value is 0.870. The smallest absolute Gasteiger partial charge is 0.114 e. The first kappa shape index (κ1) is 9.95. The van der Waals surface area contributed by atoms with E-state index in [9.17, 15) is 0 Å². The molecule has 0 aromatic carbocycles. The Morgan fingerprint density at radius 3 is 1.91 bits per heavy atom. The summed E-state index contributed by atoms with van der Waals surface area (Å²) in [5.41, 5.74) is 0.0168. The van der Waals surface area contributed by atoms with E-state index in [4.69, 9.17) is 34.8 Å². The molecule has 11 heavy (non-hydrogen) atoms. The van der Waals surface area contributed by atoms with Crippen LogP contribution in [0.1, 0.15) is 32.1 Å². The van der Waals surface area contributed by atoms with E-state index in [0.717, 1.165) is 12.8 Å². The molecule has 0 amide bonds. The first-order valence-corrected chi connectivity index (χ1v) is 5.46. The van der Waals surface area contributed by atoms with Crippen LogP contribution in [0.3, 0.4) is 0 Å². The first-order valence-electron chi connectivity index (χ1n) is 4.05. The Kier molecular flexibility index (Phi) is 3.80. The van der Waals surface area contributed by atoms with Crippen molar-refractivity contribution in [2.75, 3.05) is 5.88 Å². The van der Waals surface area contributed by atoms with Gasteiger partial charge >= 0.3 is 0 Å². The number of halogens is 3. The minimum Gasteiger partial charge on any atom is -0.126 e. The second-order valence-electron chi connectivity index (χ2n) is 3.36. The van der Waals surface area contributed by atoms with Crippen LogP contribution in [0.25, 0.3) is 0 Å². The van der Waals surface area contributed by atoms with Crippen molar-refractivity contribution in [1.29, 1.82) is 0 Å². The fraction of sp³-hybridized carbons (Fsp3) is 1.00. The summed E-state index contributed by atoms with van der Waals surface area (Å²) < 4.78 is 0. The van der Waals surface area contributed by atoms with Crippen LogP contribution in [0.5, 0.6) is 0 Å². The molecule has 0 saturated heterocycles. The van der Waals surface area contributed by atoms with Gasteiger partial charge in [-0.1, -0.05) is 19.3 Å². The molecule has 0 aromatic heterocycles. The van der Waals surface area contributed by atoms with Crippen LogP contribution in [0.4, 0.5) is 0 Å². The summed E-state index contributed by atoms with van der Waals surface area (Å²) >= 11 is 17.7. The summed E-state index contributed by atoms with van der Waals surface area (Å²) in [5, 5.41) is 0. The van der Waals surface area contributed by atoms with E-state index in [1.807, 2.05) is 0 Å². The first-order chi connectivity index (χ1) is 5.21. The zero-order chi connectivity index (χ0) is 8.32. The normalized spacial score (nSPS) is 24.0. The van der Waals surface area contributed by atoms with Crippen molar-refractivity contribution in [3.05, 3.63) is 0 Å². The van der Waals surface area contributed by atoms with Crippen LogP contribution < -0.4 is 0 Å². The van der Waals surface area contributed by atoms with Crippen molar-refractivity contribution in [3.8, 4) is 0 Å². The van der Waals surface area contributed by atoms with E-state index in [1.54, 1.807) is 0 Å². The maximum Gasteiger partial charge on any atom is 0.114 e. The van der Waals surface area contributed by atoms with E-state index in [0.29, 0.717) is 5.88 Å². The van der Waals surface area contributed by atoms with Gasteiger partial charge in [0.2, 0.25) is 0 Å². The third kappa shape index (κ3) is 2.17. The van der Waals surface area contributed by atoms with Gasteiger partial charge in [-0.2, -0.15) is 0 Å². The lowest BCUT2D eigenvalue weighted by Gasteiger charge is -2.36. The highest BCUT2D eigenvalue weighted by atomic mass is 35.5. The quantitative estimate of drug-likeness (QED) is 0.611. The number of hydrogen-bond donors (Lipinski definition) is 0. The summed E-state index contributed by atoms with van der Waals surface area (Å²) in [6, 6.07) is 0. The lowest BCUT2D eigenvalue weighted by molar-refractivity contribution is 0.240. The molecule has 1 rings (SSSR count). The number of hydrogen-bond acceptors (Lipinski definition) is 0. The molecular formula is C8H13Cl3. The summed E-state index contributed by atoms with van der Waals surface area (Å²) in [5.74, 6) is 0.602. The Bertz CT molecular complexity index is 117. The minimum absolute atomic E-state index is 0.0168. The topological polar surface area (TPSA) is 0 Å². The van der Waals surface area contributed by atoms with E-state index < -0.39 is 0 Å². The van der Waals surface area contributed by atoms with Crippen molar-refractivity contribution in [3.63, 3.8) is 0 Å². The van der Waals surface area contributed by atoms with Gasteiger partial charge in [-0.3, -0.25) is 0 Å². The second kappa shape index (κ2) is 4.20. The Labute approximate surface area is 83.2 Å². The van der Waals surface area contributed by atoms with Gasteiger partial charge in [0.15, 0.2) is 0 Å². The maximum absolute atomic E-state index is 5.89. The third-order valence-corrected chi connectivity index (χ3v) is 4.04. The van der Waals surface area contributed by atoms with Gasteiger partial charge in [0, 0.05) is 11.3 Å². The average molecular weight is 216 g/mol. The summed E-state index contributed by atoms with van der Waals surface area (Å²) in [6.07, 6.45) is 5.94. The molecular weight excluding hydrogens is 202 g/mol. The highest BCUT2D eigenvalue weighted by molar-refractivity contribution is 6.45. The molecule has 0 bridgehead atoms. The second-order valence-corrected chi connectivity index (χ2v) is 4.72. The van der Waals surface area contributed by atoms with Crippen LogP contribution in [0.15, 0.2) is 0 Å². The molecule has 0 nitrogen and oxygen atoms in total. The van der Waals surface area contributed by atoms with Crippen LogP contribution >= 0.6 is 34.8 Å². The van der Waals surface area contributed by atoms with Crippen molar-refractivity contribution < 1.29 is 0 Å². The average Bonchev–Trinajstić information content (AvgIpc) is 2.05. The van der Waals surface area contributed by atoms with Gasteiger partial charge in [0.05, 0.1) is 0 Å². The molecule has 1 saturated carbocycles. The van der Waals surface area contributed by atoms with Crippen LogP contribution in [0.2, 0.25) is 0 Å². The minimum atomic E-state index is -0.291. The van der Waals surface area contributed by atoms with Gasteiger partial charge < -0.3 is 0 Å². The van der Waals surface area contributed by atoms with Crippen molar-refractivity contribution in [2.45, 2.75) is 36.9 Å². The van der Waals surface area contributed by atoms with Crippen molar-refractivity contribution in [1.82, 2.24) is 0 Å². The molecule has 3 heteroatoms. The van der Waals surface area contributed by atoms with Crippen molar-refractivity contribution >= 4 is 34.8 Å². The van der Waals surface area contributed by atoms with Gasteiger partial charge in [0.25, 0.3) is 0 Å². The van der Waals surface area contributed by atoms with Crippen LogP contribution in [-0.4, -0.2) is 10.7 Å². The molecule has 1 aliphatic carbocycles. The Morgan fingerprint density at radius 1 is 1.09 bits per heavy atom. The highest BCUT2D eigenvalue weighted by Crippen LogP contribution is 2.44. The standard InChI is InChI=1S/C8H13Cl3/c9-6-8(7(10)11)4-2-1-3-5-8/h7H,1-6H2. The summed E-state index contributed by atoms with van der Waals surface area (Å²) in [7, 11) is 0. The molecule has 0 aromatic rings. The molecule has 0 atom stereocenters. The van der Waals surface area contributed by atoms with Gasteiger partial charge in [-0.25, -0.2) is 0 Å². The van der Waals surface area contributed by atoms with Gasteiger partial charge in [-0.05, 0) is 12.8 Å². The zero-order valence-electron chi connectivity index (χ0n) is 6.45. The molecule has 0 spiro atoms. The van der Waals surface area contributed by atoms with Gasteiger partial charge in [-0.15, -0.1) is 34.8 Å². The molecule has 0 radical (unpaired) electrons. The van der Waals surface area contributed by atoms with E-state index in [-0.39, 0.29) is 10.3 Å². The predicted octanol–water partition coefficient (Wildman–Crippen LogP) is 3.98. The monoisotopic (exact) mass is 214 g/mol. The summed E-state index contributed by atoms with van der Waals surface area (Å²) in [6.45, 7) is 0. The van der Waals surface area contributed by atoms with Gasteiger partial charge in [0.1, 0.15) is 4.84 Å². The highest BCUT2D eigenvalue weighted by Gasteiger charge is 2.37. The number of rotatable bonds is 2. The van der Waals surface area contributed by atoms with E-state index in [1.165, 1.54) is 19.3 Å². The Balaban J connectivity index is 2.57. The zero-order valence-corrected chi connectivity index (χ0v) is 8.72. The largest absolute Gasteiger partial charge is 0.126 e. The SMILES string of the molecule is ClCC1(C(Cl)Cl)CCCCC1. The van der Waals surface area contributed by atoms with Crippen LogP contribution in [0, 0.1) is 5.41 Å². The third-order valence-electron chi connectivity index (χ3n) is 2.58. The molecule has 1 aliphatic rings. The van der Waals surface area contributed by atoms with Crippen LogP contribution in [-0.2, 0) is 0 Å². The summed E-state index contributed by atoms with van der Waals surface area (Å²) in [4.78, 5) is -0.291. The molecule has 1 fully saturated rings. The molecule has 0 N–H and O–H groups in total.